The summed E-state index contributed by atoms with van der Waals surface area (Å²) in [7, 11) is 0. The van der Waals surface area contributed by atoms with Crippen LogP contribution in [0.1, 0.15) is 26.2 Å². The van der Waals surface area contributed by atoms with Gasteiger partial charge in [-0.25, -0.2) is 0 Å². The largest absolute Gasteiger partial charge is 0.274 e. The van der Waals surface area contributed by atoms with Gasteiger partial charge in [0.05, 0.1) is 17.5 Å². The molecular weight excluding hydrogens is 310 g/mol. The SMILES string of the molecule is CC1CCC2C(=O)N(c3ccc(-c4csnn4)cc3)C(=O)C2C1. The van der Waals surface area contributed by atoms with Crippen molar-refractivity contribution in [2.75, 3.05) is 4.90 Å². The number of carbonyl (C=O) groups excluding carboxylic acids is 2. The molecule has 5 nitrogen and oxygen atoms in total. The normalized spacial score (nSPS) is 27.3. The zero-order valence-electron chi connectivity index (χ0n) is 12.8. The number of aromatic nitrogens is 2. The number of imide groups is 1. The van der Waals surface area contributed by atoms with E-state index in [4.69, 9.17) is 0 Å². The second-order valence-corrected chi connectivity index (χ2v) is 7.09. The standard InChI is InChI=1S/C17H17N3O2S/c1-10-2-7-13-14(8-10)17(22)20(16(13)21)12-5-3-11(4-6-12)15-9-23-19-18-15/h3-6,9-10,13-14H,2,7-8H2,1H3. The van der Waals surface area contributed by atoms with Gasteiger partial charge in [-0.15, -0.1) is 5.10 Å². The number of hydrogen-bond donors (Lipinski definition) is 0. The maximum atomic E-state index is 12.7. The molecule has 0 radical (unpaired) electrons. The first-order valence-electron chi connectivity index (χ1n) is 7.90. The van der Waals surface area contributed by atoms with Crippen LogP contribution in [0.5, 0.6) is 0 Å². The smallest absolute Gasteiger partial charge is 0.237 e. The Morgan fingerprint density at radius 3 is 2.52 bits per heavy atom. The molecular formula is C17H17N3O2S. The Bertz CT molecular complexity index is 742. The maximum absolute atomic E-state index is 12.7. The van der Waals surface area contributed by atoms with Gasteiger partial charge in [-0.3, -0.25) is 14.5 Å². The molecule has 118 valence electrons. The van der Waals surface area contributed by atoms with Crippen LogP contribution in [0.25, 0.3) is 11.3 Å². The number of fused-ring (bicyclic) bond motifs is 1. The molecule has 0 spiro atoms. The van der Waals surface area contributed by atoms with Crippen molar-refractivity contribution in [1.29, 1.82) is 0 Å². The highest BCUT2D eigenvalue weighted by Gasteiger charge is 2.49. The Morgan fingerprint density at radius 1 is 1.09 bits per heavy atom. The van der Waals surface area contributed by atoms with Crippen LogP contribution in [0, 0.1) is 17.8 Å². The first kappa shape index (κ1) is 14.5. The summed E-state index contributed by atoms with van der Waals surface area (Å²) < 4.78 is 3.85. The average Bonchev–Trinajstić information content (AvgIpc) is 3.16. The molecule has 2 aliphatic rings. The van der Waals surface area contributed by atoms with Crippen LogP contribution in [0.3, 0.4) is 0 Å². The summed E-state index contributed by atoms with van der Waals surface area (Å²) in [5.74, 6) is 0.201. The third kappa shape index (κ3) is 2.37. The molecule has 1 aromatic heterocycles. The van der Waals surface area contributed by atoms with Gasteiger partial charge in [-0.05, 0) is 48.8 Å². The third-order valence-corrected chi connectivity index (χ3v) is 5.47. The second-order valence-electron chi connectivity index (χ2n) is 6.48. The minimum absolute atomic E-state index is 0.0324. The molecule has 1 aliphatic heterocycles. The fraction of sp³-hybridized carbons (Fsp3) is 0.412. The Kier molecular flexibility index (Phi) is 3.49. The van der Waals surface area contributed by atoms with Gasteiger partial charge in [0.1, 0.15) is 5.69 Å². The highest BCUT2D eigenvalue weighted by atomic mass is 32.1. The zero-order chi connectivity index (χ0) is 16.0. The van der Waals surface area contributed by atoms with Crippen LogP contribution < -0.4 is 4.90 Å². The number of benzene rings is 1. The Hall–Kier alpha value is -2.08. The maximum Gasteiger partial charge on any atom is 0.237 e. The molecule has 3 atom stereocenters. The van der Waals surface area contributed by atoms with E-state index in [1.807, 2.05) is 29.6 Å². The lowest BCUT2D eigenvalue weighted by Crippen LogP contribution is -2.30. The van der Waals surface area contributed by atoms with E-state index in [-0.39, 0.29) is 23.7 Å². The monoisotopic (exact) mass is 327 g/mol. The fourth-order valence-electron chi connectivity index (χ4n) is 3.72. The van der Waals surface area contributed by atoms with Crippen molar-refractivity contribution < 1.29 is 9.59 Å². The predicted octanol–water partition coefficient (Wildman–Crippen LogP) is 3.13. The van der Waals surface area contributed by atoms with Gasteiger partial charge in [-0.1, -0.05) is 23.5 Å². The van der Waals surface area contributed by atoms with Crippen LogP contribution in [-0.4, -0.2) is 21.4 Å². The molecule has 1 aliphatic carbocycles. The molecule has 4 rings (SSSR count). The summed E-state index contributed by atoms with van der Waals surface area (Å²) in [6.07, 6.45) is 2.69. The molecule has 0 bridgehead atoms. The number of rotatable bonds is 2. The average molecular weight is 327 g/mol. The van der Waals surface area contributed by atoms with Gasteiger partial charge in [0.15, 0.2) is 0 Å². The van der Waals surface area contributed by atoms with E-state index in [1.165, 1.54) is 16.4 Å². The molecule has 2 heterocycles. The van der Waals surface area contributed by atoms with Gasteiger partial charge in [0, 0.05) is 10.9 Å². The van der Waals surface area contributed by atoms with Gasteiger partial charge in [-0.2, -0.15) is 0 Å². The summed E-state index contributed by atoms with van der Waals surface area (Å²) in [4.78, 5) is 26.7. The Labute approximate surface area is 138 Å². The predicted molar refractivity (Wildman–Crippen MR) is 87.8 cm³/mol. The molecule has 2 fully saturated rings. The Balaban J connectivity index is 1.62. The van der Waals surface area contributed by atoms with Gasteiger partial charge < -0.3 is 0 Å². The summed E-state index contributed by atoms with van der Waals surface area (Å²) in [5, 5.41) is 5.90. The molecule has 23 heavy (non-hydrogen) atoms. The van der Waals surface area contributed by atoms with E-state index in [2.05, 4.69) is 16.5 Å². The first-order valence-corrected chi connectivity index (χ1v) is 8.74. The number of carbonyl (C=O) groups is 2. The minimum Gasteiger partial charge on any atom is -0.274 e. The van der Waals surface area contributed by atoms with E-state index in [1.54, 1.807) is 0 Å². The van der Waals surface area contributed by atoms with Gasteiger partial charge in [0.2, 0.25) is 11.8 Å². The van der Waals surface area contributed by atoms with Crippen molar-refractivity contribution in [3.63, 3.8) is 0 Å². The van der Waals surface area contributed by atoms with Crippen LogP contribution in [-0.2, 0) is 9.59 Å². The summed E-state index contributed by atoms with van der Waals surface area (Å²) >= 11 is 1.30. The lowest BCUT2D eigenvalue weighted by molar-refractivity contribution is -0.122. The number of hydrogen-bond acceptors (Lipinski definition) is 5. The van der Waals surface area contributed by atoms with E-state index in [9.17, 15) is 9.59 Å². The quantitative estimate of drug-likeness (QED) is 0.795. The molecule has 2 amide bonds. The third-order valence-electron chi connectivity index (χ3n) is 4.97. The molecule has 1 aromatic carbocycles. The lowest BCUT2D eigenvalue weighted by Gasteiger charge is -2.25. The van der Waals surface area contributed by atoms with E-state index >= 15 is 0 Å². The van der Waals surface area contributed by atoms with Crippen molar-refractivity contribution in [3.05, 3.63) is 29.6 Å². The molecule has 3 unspecified atom stereocenters. The molecule has 2 aromatic rings. The van der Waals surface area contributed by atoms with Crippen molar-refractivity contribution in [2.45, 2.75) is 26.2 Å². The molecule has 1 saturated heterocycles. The summed E-state index contributed by atoms with van der Waals surface area (Å²) in [6.45, 7) is 2.16. The van der Waals surface area contributed by atoms with Crippen LogP contribution >= 0.6 is 11.5 Å². The van der Waals surface area contributed by atoms with Gasteiger partial charge in [0.25, 0.3) is 0 Å². The first-order chi connectivity index (χ1) is 11.1. The minimum atomic E-state index is -0.131. The molecule has 6 heteroatoms. The summed E-state index contributed by atoms with van der Waals surface area (Å²) in [6, 6.07) is 7.42. The van der Waals surface area contributed by atoms with Crippen molar-refractivity contribution in [2.24, 2.45) is 17.8 Å². The topological polar surface area (TPSA) is 63.2 Å². The zero-order valence-corrected chi connectivity index (χ0v) is 13.6. The van der Waals surface area contributed by atoms with Crippen molar-refractivity contribution >= 4 is 29.0 Å². The van der Waals surface area contributed by atoms with E-state index in [0.717, 1.165) is 30.5 Å². The Morgan fingerprint density at radius 2 is 1.83 bits per heavy atom. The molecule has 1 saturated carbocycles. The molecule has 0 N–H and O–H groups in total. The van der Waals surface area contributed by atoms with E-state index < -0.39 is 0 Å². The van der Waals surface area contributed by atoms with Crippen molar-refractivity contribution in [1.82, 2.24) is 9.59 Å². The van der Waals surface area contributed by atoms with Gasteiger partial charge >= 0.3 is 0 Å². The van der Waals surface area contributed by atoms with E-state index in [0.29, 0.717) is 11.6 Å². The summed E-state index contributed by atoms with van der Waals surface area (Å²) in [5.41, 5.74) is 2.41. The highest BCUT2D eigenvalue weighted by Crippen LogP contribution is 2.42. The highest BCUT2D eigenvalue weighted by molar-refractivity contribution is 7.03. The lowest BCUT2D eigenvalue weighted by atomic mass is 9.76. The number of anilines is 1. The van der Waals surface area contributed by atoms with Crippen LogP contribution in [0.4, 0.5) is 5.69 Å². The van der Waals surface area contributed by atoms with Crippen molar-refractivity contribution in [3.8, 4) is 11.3 Å². The number of nitrogens with zero attached hydrogens (tertiary/aromatic N) is 3. The fourth-order valence-corrected chi connectivity index (χ4v) is 4.18. The van der Waals surface area contributed by atoms with Crippen LogP contribution in [0.2, 0.25) is 0 Å². The second kappa shape index (κ2) is 5.53. The van der Waals surface area contributed by atoms with Crippen LogP contribution in [0.15, 0.2) is 29.6 Å². The number of amides is 2.